The minimum absolute atomic E-state index is 0.0784. The van der Waals surface area contributed by atoms with Crippen molar-refractivity contribution in [2.24, 2.45) is 0 Å². The van der Waals surface area contributed by atoms with Crippen molar-refractivity contribution in [1.29, 1.82) is 0 Å². The third kappa shape index (κ3) is 2.56. The second-order valence-electron chi connectivity index (χ2n) is 4.44. The molecule has 0 N–H and O–H groups in total. The molecule has 0 aliphatic rings. The van der Waals surface area contributed by atoms with E-state index in [2.05, 4.69) is 4.98 Å². The Morgan fingerprint density at radius 1 is 1.11 bits per heavy atom. The van der Waals surface area contributed by atoms with Gasteiger partial charge in [0.1, 0.15) is 5.82 Å². The molecule has 0 spiro atoms. The summed E-state index contributed by atoms with van der Waals surface area (Å²) in [5.74, 6) is 0.996. The molecule has 1 aromatic carbocycles. The SMILES string of the molecule is CC(=O)c1cccc(-c2ccc(N(C)C)nc2)c1. The molecule has 92 valence electrons. The van der Waals surface area contributed by atoms with E-state index in [1.165, 1.54) is 0 Å². The van der Waals surface area contributed by atoms with Gasteiger partial charge in [0.05, 0.1) is 0 Å². The van der Waals surface area contributed by atoms with Crippen LogP contribution in [0.15, 0.2) is 42.6 Å². The van der Waals surface area contributed by atoms with Crippen LogP contribution in [-0.2, 0) is 0 Å². The van der Waals surface area contributed by atoms with Gasteiger partial charge in [0.2, 0.25) is 0 Å². The summed E-state index contributed by atoms with van der Waals surface area (Å²) in [6.07, 6.45) is 1.83. The monoisotopic (exact) mass is 240 g/mol. The highest BCUT2D eigenvalue weighted by Crippen LogP contribution is 2.21. The van der Waals surface area contributed by atoms with Gasteiger partial charge in [-0.3, -0.25) is 4.79 Å². The first kappa shape index (κ1) is 12.3. The largest absolute Gasteiger partial charge is 0.363 e. The van der Waals surface area contributed by atoms with Crippen molar-refractivity contribution in [2.45, 2.75) is 6.92 Å². The fourth-order valence-electron chi connectivity index (χ4n) is 1.74. The van der Waals surface area contributed by atoms with Gasteiger partial charge in [-0.15, -0.1) is 0 Å². The van der Waals surface area contributed by atoms with Crippen LogP contribution in [-0.4, -0.2) is 24.9 Å². The van der Waals surface area contributed by atoms with Gasteiger partial charge in [-0.2, -0.15) is 0 Å². The predicted octanol–water partition coefficient (Wildman–Crippen LogP) is 3.02. The zero-order valence-corrected chi connectivity index (χ0v) is 10.8. The normalized spacial score (nSPS) is 10.2. The molecule has 3 nitrogen and oxygen atoms in total. The molecule has 0 atom stereocenters. The highest BCUT2D eigenvalue weighted by Gasteiger charge is 2.03. The summed E-state index contributed by atoms with van der Waals surface area (Å²) in [6.45, 7) is 1.58. The van der Waals surface area contributed by atoms with Crippen LogP contribution in [0, 0.1) is 0 Å². The molecule has 1 heterocycles. The van der Waals surface area contributed by atoms with Crippen LogP contribution in [0.25, 0.3) is 11.1 Å². The summed E-state index contributed by atoms with van der Waals surface area (Å²) in [4.78, 5) is 17.7. The smallest absolute Gasteiger partial charge is 0.159 e. The first-order valence-corrected chi connectivity index (χ1v) is 5.82. The van der Waals surface area contributed by atoms with Gasteiger partial charge in [0.15, 0.2) is 5.78 Å². The lowest BCUT2D eigenvalue weighted by Gasteiger charge is -2.11. The predicted molar refractivity (Wildman–Crippen MR) is 74.0 cm³/mol. The number of hydrogen-bond acceptors (Lipinski definition) is 3. The average Bonchev–Trinajstić information content (AvgIpc) is 2.39. The second kappa shape index (κ2) is 5.00. The Kier molecular flexibility index (Phi) is 3.42. The van der Waals surface area contributed by atoms with Crippen molar-refractivity contribution in [3.05, 3.63) is 48.2 Å². The van der Waals surface area contributed by atoms with Crippen LogP contribution in [0.3, 0.4) is 0 Å². The number of benzene rings is 1. The zero-order chi connectivity index (χ0) is 13.1. The van der Waals surface area contributed by atoms with Gasteiger partial charge >= 0.3 is 0 Å². The molecule has 0 amide bonds. The Bertz CT molecular complexity index is 559. The molecule has 0 bridgehead atoms. The Labute approximate surface area is 107 Å². The molecule has 18 heavy (non-hydrogen) atoms. The van der Waals surface area contributed by atoms with Crippen LogP contribution in [0.2, 0.25) is 0 Å². The lowest BCUT2D eigenvalue weighted by atomic mass is 10.0. The lowest BCUT2D eigenvalue weighted by molar-refractivity contribution is 0.101. The number of ketones is 1. The number of carbonyl (C=O) groups is 1. The first-order chi connectivity index (χ1) is 8.58. The molecule has 0 saturated carbocycles. The van der Waals surface area contributed by atoms with Gasteiger partial charge in [-0.25, -0.2) is 4.98 Å². The minimum Gasteiger partial charge on any atom is -0.363 e. The third-order valence-electron chi connectivity index (χ3n) is 2.81. The fraction of sp³-hybridized carbons (Fsp3) is 0.200. The van der Waals surface area contributed by atoms with Crippen LogP contribution in [0.5, 0.6) is 0 Å². The number of carbonyl (C=O) groups excluding carboxylic acids is 1. The third-order valence-corrected chi connectivity index (χ3v) is 2.81. The number of Topliss-reactive ketones (excluding diaryl/α,β-unsaturated/α-hetero) is 1. The maximum Gasteiger partial charge on any atom is 0.159 e. The number of nitrogens with zero attached hydrogens (tertiary/aromatic N) is 2. The van der Waals surface area contributed by atoms with Crippen molar-refractivity contribution in [1.82, 2.24) is 4.98 Å². The van der Waals surface area contributed by atoms with E-state index in [0.717, 1.165) is 22.5 Å². The molecule has 2 aromatic rings. The van der Waals surface area contributed by atoms with E-state index in [1.807, 2.05) is 61.6 Å². The van der Waals surface area contributed by atoms with Gasteiger partial charge in [-0.05, 0) is 30.7 Å². The number of rotatable bonds is 3. The van der Waals surface area contributed by atoms with Crippen molar-refractivity contribution < 1.29 is 4.79 Å². The number of hydrogen-bond donors (Lipinski definition) is 0. The Balaban J connectivity index is 2.36. The average molecular weight is 240 g/mol. The standard InChI is InChI=1S/C15H16N2O/c1-11(18)12-5-4-6-13(9-12)14-7-8-15(16-10-14)17(2)3/h4-10H,1-3H3. The van der Waals surface area contributed by atoms with E-state index < -0.39 is 0 Å². The van der Waals surface area contributed by atoms with Gasteiger partial charge in [0.25, 0.3) is 0 Å². The summed E-state index contributed by atoms with van der Waals surface area (Å²) in [5, 5.41) is 0. The lowest BCUT2D eigenvalue weighted by Crippen LogP contribution is -2.09. The van der Waals surface area contributed by atoms with E-state index >= 15 is 0 Å². The molecule has 2 rings (SSSR count). The summed E-state index contributed by atoms with van der Waals surface area (Å²) in [5.41, 5.74) is 2.76. The summed E-state index contributed by atoms with van der Waals surface area (Å²) in [7, 11) is 3.91. The molecule has 0 fully saturated rings. The topological polar surface area (TPSA) is 33.2 Å². The highest BCUT2D eigenvalue weighted by molar-refractivity contribution is 5.95. The van der Waals surface area contributed by atoms with Crippen molar-refractivity contribution in [2.75, 3.05) is 19.0 Å². The fourth-order valence-corrected chi connectivity index (χ4v) is 1.74. The van der Waals surface area contributed by atoms with Gasteiger partial charge in [0, 0.05) is 31.4 Å². The van der Waals surface area contributed by atoms with E-state index in [0.29, 0.717) is 0 Å². The van der Waals surface area contributed by atoms with Gasteiger partial charge < -0.3 is 4.90 Å². The number of aromatic nitrogens is 1. The molecule has 0 saturated heterocycles. The molecule has 0 unspecified atom stereocenters. The Hall–Kier alpha value is -2.16. The first-order valence-electron chi connectivity index (χ1n) is 5.82. The van der Waals surface area contributed by atoms with Crippen molar-refractivity contribution in [3.8, 4) is 11.1 Å². The highest BCUT2D eigenvalue weighted by atomic mass is 16.1. The van der Waals surface area contributed by atoms with Crippen molar-refractivity contribution >= 4 is 11.6 Å². The maximum atomic E-state index is 11.4. The molecule has 1 aromatic heterocycles. The minimum atomic E-state index is 0.0784. The second-order valence-corrected chi connectivity index (χ2v) is 4.44. The molecule has 0 aliphatic carbocycles. The van der Waals surface area contributed by atoms with Crippen LogP contribution < -0.4 is 4.90 Å². The Morgan fingerprint density at radius 3 is 2.44 bits per heavy atom. The van der Waals surface area contributed by atoms with E-state index in [4.69, 9.17) is 0 Å². The van der Waals surface area contributed by atoms with Crippen LogP contribution >= 0.6 is 0 Å². The summed E-state index contributed by atoms with van der Waals surface area (Å²) >= 11 is 0. The maximum absolute atomic E-state index is 11.4. The Morgan fingerprint density at radius 2 is 1.89 bits per heavy atom. The molecular weight excluding hydrogens is 224 g/mol. The van der Waals surface area contributed by atoms with Crippen molar-refractivity contribution in [3.63, 3.8) is 0 Å². The van der Waals surface area contributed by atoms with E-state index in [1.54, 1.807) is 6.92 Å². The van der Waals surface area contributed by atoms with E-state index in [9.17, 15) is 4.79 Å². The van der Waals surface area contributed by atoms with Gasteiger partial charge in [-0.1, -0.05) is 18.2 Å². The van der Waals surface area contributed by atoms with Crippen LogP contribution in [0.1, 0.15) is 17.3 Å². The zero-order valence-electron chi connectivity index (χ0n) is 10.8. The van der Waals surface area contributed by atoms with E-state index in [-0.39, 0.29) is 5.78 Å². The molecular formula is C15H16N2O. The summed E-state index contributed by atoms with van der Waals surface area (Å²) < 4.78 is 0. The number of anilines is 1. The van der Waals surface area contributed by atoms with Crippen LogP contribution in [0.4, 0.5) is 5.82 Å². The molecule has 3 heteroatoms. The summed E-state index contributed by atoms with van der Waals surface area (Å²) in [6, 6.07) is 11.6. The molecule has 0 aliphatic heterocycles. The quantitative estimate of drug-likeness (QED) is 0.773. The molecule has 0 radical (unpaired) electrons. The number of pyridine rings is 1.